The number of ether oxygens (including phenoxy) is 1. The van der Waals surface area contributed by atoms with Crippen LogP contribution in [0.2, 0.25) is 0 Å². The molecule has 0 spiro atoms. The number of nitro benzene ring substituents is 1. The maximum atomic E-state index is 12.1. The second-order valence-corrected chi connectivity index (χ2v) is 4.92. The summed E-state index contributed by atoms with van der Waals surface area (Å²) >= 11 is 0. The molecule has 0 N–H and O–H groups in total. The van der Waals surface area contributed by atoms with Crippen molar-refractivity contribution in [2.75, 3.05) is 6.61 Å². The molecular weight excluding hydrogens is 270 g/mol. The second-order valence-electron chi connectivity index (χ2n) is 4.92. The predicted molar refractivity (Wildman–Crippen MR) is 81.4 cm³/mol. The largest absolute Gasteiger partial charge is 0.466 e. The van der Waals surface area contributed by atoms with Crippen molar-refractivity contribution in [3.05, 3.63) is 39.4 Å². The van der Waals surface area contributed by atoms with Gasteiger partial charge in [-0.25, -0.2) is 0 Å². The number of nitrogens with zero attached hydrogens (tertiary/aromatic N) is 1. The molecule has 0 saturated heterocycles. The van der Waals surface area contributed by atoms with Crippen molar-refractivity contribution in [1.82, 2.24) is 0 Å². The Morgan fingerprint density at radius 2 is 2.05 bits per heavy atom. The zero-order valence-electron chi connectivity index (χ0n) is 12.9. The van der Waals surface area contributed by atoms with Crippen molar-refractivity contribution in [2.24, 2.45) is 0 Å². The molecule has 0 bridgehead atoms. The van der Waals surface area contributed by atoms with Crippen LogP contribution in [0.4, 0.5) is 5.69 Å². The summed E-state index contributed by atoms with van der Waals surface area (Å²) in [6.45, 7) is 6.01. The molecule has 5 nitrogen and oxygen atoms in total. The van der Waals surface area contributed by atoms with Crippen LogP contribution in [0.1, 0.15) is 57.1 Å². The summed E-state index contributed by atoms with van der Waals surface area (Å²) in [7, 11) is 0. The summed E-state index contributed by atoms with van der Waals surface area (Å²) in [5.74, 6) is -0.741. The van der Waals surface area contributed by atoms with Crippen LogP contribution in [0.15, 0.2) is 18.2 Å². The number of carbonyl (C=O) groups is 1. The van der Waals surface area contributed by atoms with E-state index in [0.29, 0.717) is 25.0 Å². The van der Waals surface area contributed by atoms with Crippen molar-refractivity contribution in [1.29, 1.82) is 0 Å². The Hall–Kier alpha value is -1.91. The fourth-order valence-electron chi connectivity index (χ4n) is 2.47. The van der Waals surface area contributed by atoms with E-state index in [-0.39, 0.29) is 16.6 Å². The Labute approximate surface area is 125 Å². The maximum Gasteiger partial charge on any atom is 0.313 e. The minimum Gasteiger partial charge on any atom is -0.466 e. The van der Waals surface area contributed by atoms with Gasteiger partial charge in [0, 0.05) is 11.6 Å². The van der Waals surface area contributed by atoms with Crippen LogP contribution < -0.4 is 0 Å². The highest BCUT2D eigenvalue weighted by molar-refractivity contribution is 5.79. The molecule has 0 heterocycles. The number of hydrogen-bond acceptors (Lipinski definition) is 4. The summed E-state index contributed by atoms with van der Waals surface area (Å²) in [6.07, 6.45) is 2.98. The third kappa shape index (κ3) is 4.28. The van der Waals surface area contributed by atoms with Crippen LogP contribution in [0.3, 0.4) is 0 Å². The first kappa shape index (κ1) is 17.1. The number of carbonyl (C=O) groups excluding carboxylic acids is 1. The van der Waals surface area contributed by atoms with Gasteiger partial charge in [0.2, 0.25) is 0 Å². The molecule has 1 rings (SSSR count). The fourth-order valence-corrected chi connectivity index (χ4v) is 2.47. The van der Waals surface area contributed by atoms with E-state index in [9.17, 15) is 14.9 Å². The normalized spacial score (nSPS) is 12.0. The Bertz CT molecular complexity index is 499. The Morgan fingerprint density at radius 1 is 1.33 bits per heavy atom. The molecule has 1 atom stereocenters. The lowest BCUT2D eigenvalue weighted by Gasteiger charge is -2.17. The molecule has 5 heteroatoms. The lowest BCUT2D eigenvalue weighted by molar-refractivity contribution is -0.385. The lowest BCUT2D eigenvalue weighted by Crippen LogP contribution is -2.17. The van der Waals surface area contributed by atoms with Gasteiger partial charge in [0.1, 0.15) is 0 Å². The predicted octanol–water partition coefficient (Wildman–Crippen LogP) is 3.99. The van der Waals surface area contributed by atoms with Gasteiger partial charge in [0.25, 0.3) is 5.69 Å². The van der Waals surface area contributed by atoms with Gasteiger partial charge in [-0.15, -0.1) is 0 Å². The van der Waals surface area contributed by atoms with Crippen molar-refractivity contribution in [3.63, 3.8) is 0 Å². The SMILES string of the molecule is CCCCc1c(C(CC)C(=O)OCC)cccc1[N+](=O)[O-]. The lowest BCUT2D eigenvalue weighted by atomic mass is 9.89. The van der Waals surface area contributed by atoms with Crippen LogP contribution in [0, 0.1) is 10.1 Å². The van der Waals surface area contributed by atoms with E-state index in [0.717, 1.165) is 18.4 Å². The number of unbranched alkanes of at least 4 members (excludes halogenated alkanes) is 1. The Balaban J connectivity index is 3.28. The number of benzene rings is 1. The standard InChI is InChI=1S/C16H23NO4/c1-4-7-9-14-13(10-8-11-15(14)17(19)20)12(5-2)16(18)21-6-3/h8,10-12H,4-7,9H2,1-3H3. The molecule has 0 aliphatic rings. The van der Waals surface area contributed by atoms with Gasteiger partial charge < -0.3 is 4.74 Å². The highest BCUT2D eigenvalue weighted by Gasteiger charge is 2.26. The zero-order valence-corrected chi connectivity index (χ0v) is 12.9. The third-order valence-corrected chi connectivity index (χ3v) is 3.52. The number of hydrogen-bond donors (Lipinski definition) is 0. The average molecular weight is 293 g/mol. The van der Waals surface area contributed by atoms with Crippen LogP contribution in [0.25, 0.3) is 0 Å². The van der Waals surface area contributed by atoms with Gasteiger partial charge in [-0.1, -0.05) is 32.4 Å². The molecule has 1 aromatic rings. The van der Waals surface area contributed by atoms with E-state index in [1.165, 1.54) is 6.07 Å². The van der Waals surface area contributed by atoms with Crippen molar-refractivity contribution in [3.8, 4) is 0 Å². The molecular formula is C16H23NO4. The quantitative estimate of drug-likeness (QED) is 0.413. The zero-order chi connectivity index (χ0) is 15.8. The summed E-state index contributed by atoms with van der Waals surface area (Å²) in [4.78, 5) is 23.0. The molecule has 0 aromatic heterocycles. The minimum absolute atomic E-state index is 0.101. The first-order chi connectivity index (χ1) is 10.1. The van der Waals surface area contributed by atoms with E-state index in [1.807, 2.05) is 19.9 Å². The summed E-state index contributed by atoms with van der Waals surface area (Å²) in [5, 5.41) is 11.2. The molecule has 21 heavy (non-hydrogen) atoms. The Kier molecular flexibility index (Phi) is 6.85. The maximum absolute atomic E-state index is 12.1. The molecule has 1 unspecified atom stereocenters. The number of rotatable bonds is 8. The molecule has 0 aliphatic heterocycles. The molecule has 0 fully saturated rings. The number of esters is 1. The van der Waals surface area contributed by atoms with Crippen LogP contribution >= 0.6 is 0 Å². The van der Waals surface area contributed by atoms with Gasteiger partial charge in [-0.05, 0) is 31.7 Å². The molecule has 0 radical (unpaired) electrons. The summed E-state index contributed by atoms with van der Waals surface area (Å²) < 4.78 is 5.10. The van der Waals surface area contributed by atoms with Gasteiger partial charge in [0.15, 0.2) is 0 Å². The number of nitro groups is 1. The molecule has 1 aromatic carbocycles. The first-order valence-electron chi connectivity index (χ1n) is 7.49. The van der Waals surface area contributed by atoms with Gasteiger partial charge >= 0.3 is 5.97 Å². The summed E-state index contributed by atoms with van der Waals surface area (Å²) in [6, 6.07) is 4.96. The van der Waals surface area contributed by atoms with Gasteiger partial charge in [-0.2, -0.15) is 0 Å². The van der Waals surface area contributed by atoms with E-state index in [2.05, 4.69) is 0 Å². The van der Waals surface area contributed by atoms with Crippen LogP contribution in [-0.2, 0) is 16.0 Å². The monoisotopic (exact) mass is 293 g/mol. The highest BCUT2D eigenvalue weighted by atomic mass is 16.6. The fraction of sp³-hybridized carbons (Fsp3) is 0.562. The van der Waals surface area contributed by atoms with E-state index in [1.54, 1.807) is 13.0 Å². The highest BCUT2D eigenvalue weighted by Crippen LogP contribution is 2.32. The average Bonchev–Trinajstić information content (AvgIpc) is 2.46. The minimum atomic E-state index is -0.434. The Morgan fingerprint density at radius 3 is 2.57 bits per heavy atom. The third-order valence-electron chi connectivity index (χ3n) is 3.52. The summed E-state index contributed by atoms with van der Waals surface area (Å²) in [5.41, 5.74) is 1.51. The molecule has 0 aliphatic carbocycles. The molecule has 0 amide bonds. The first-order valence-corrected chi connectivity index (χ1v) is 7.49. The van der Waals surface area contributed by atoms with E-state index >= 15 is 0 Å². The van der Waals surface area contributed by atoms with Crippen molar-refractivity contribution < 1.29 is 14.5 Å². The molecule has 116 valence electrons. The van der Waals surface area contributed by atoms with E-state index in [4.69, 9.17) is 4.74 Å². The van der Waals surface area contributed by atoms with Crippen LogP contribution in [-0.4, -0.2) is 17.5 Å². The van der Waals surface area contributed by atoms with Gasteiger partial charge in [-0.3, -0.25) is 14.9 Å². The van der Waals surface area contributed by atoms with Gasteiger partial charge in [0.05, 0.1) is 17.4 Å². The van der Waals surface area contributed by atoms with E-state index < -0.39 is 5.92 Å². The van der Waals surface area contributed by atoms with Crippen molar-refractivity contribution in [2.45, 2.75) is 52.4 Å². The van der Waals surface area contributed by atoms with Crippen LogP contribution in [0.5, 0.6) is 0 Å². The van der Waals surface area contributed by atoms with Crippen molar-refractivity contribution >= 4 is 11.7 Å². The molecule has 0 saturated carbocycles. The second kappa shape index (κ2) is 8.39. The topological polar surface area (TPSA) is 69.4 Å². The smallest absolute Gasteiger partial charge is 0.313 e.